The Bertz CT molecular complexity index is 3740. The number of hydrogen-bond donors (Lipinski definition) is 4. The monoisotopic (exact) mass is 1110 g/mol. The van der Waals surface area contributed by atoms with Crippen molar-refractivity contribution in [3.63, 3.8) is 0 Å². The molecule has 0 bridgehead atoms. The fraction of sp³-hybridized carbons (Fsp3) is 0.236. The van der Waals surface area contributed by atoms with Crippen molar-refractivity contribution in [1.82, 2.24) is 29.2 Å². The van der Waals surface area contributed by atoms with Crippen molar-refractivity contribution < 1.29 is 40.0 Å². The molecule has 3 aromatic carbocycles. The van der Waals surface area contributed by atoms with E-state index >= 15 is 0 Å². The molecule has 392 valence electrons. The van der Waals surface area contributed by atoms with Crippen LogP contribution in [-0.2, 0) is 52.0 Å². The lowest BCUT2D eigenvalue weighted by molar-refractivity contribution is -0.140. The summed E-state index contributed by atoms with van der Waals surface area (Å²) >= 11 is 4.23. The zero-order chi connectivity index (χ0) is 53.0. The second-order valence-corrected chi connectivity index (χ2v) is 23.2. The zero-order valence-corrected chi connectivity index (χ0v) is 43.6. The SMILES string of the molecule is O=C(C(NS(=O)(=O)c1ccc2[nH]c(=O)ccc2c1)c1ccccc1C(F)(F)F)N(Cc1ccco1)Cc1cc(-c2coc(CN(Cc3cccs3)C(=O)[C@@H](NSc3ccc4[nH]c(=O)ccc4c3)C3CCCCC3)c2)cs1. The van der Waals surface area contributed by atoms with Crippen molar-refractivity contribution in [2.45, 2.75) is 86.3 Å². The summed E-state index contributed by atoms with van der Waals surface area (Å²) in [5, 5.41) is 5.04. The number of hydrogen-bond acceptors (Lipinski definition) is 12. The molecule has 2 amide bonds. The Labute approximate surface area is 446 Å². The van der Waals surface area contributed by atoms with Gasteiger partial charge in [-0.1, -0.05) is 43.5 Å². The topological polar surface area (TPSA) is 191 Å². The van der Waals surface area contributed by atoms with Crippen LogP contribution in [0.3, 0.4) is 0 Å². The average molecular weight is 1110 g/mol. The number of furan rings is 2. The highest BCUT2D eigenvalue weighted by atomic mass is 32.2. The molecule has 0 spiro atoms. The van der Waals surface area contributed by atoms with E-state index in [2.05, 4.69) is 19.4 Å². The van der Waals surface area contributed by atoms with E-state index in [1.54, 1.807) is 35.8 Å². The number of aromatic amines is 2. The number of H-pyrrole nitrogens is 2. The minimum atomic E-state index is -4.96. The molecular weight excluding hydrogens is 1060 g/mol. The van der Waals surface area contributed by atoms with E-state index in [1.165, 1.54) is 76.9 Å². The maximum absolute atomic E-state index is 15.0. The van der Waals surface area contributed by atoms with Gasteiger partial charge in [0.05, 0.1) is 55.2 Å². The number of fused-ring (bicyclic) bond motifs is 2. The van der Waals surface area contributed by atoms with E-state index in [-0.39, 0.29) is 41.9 Å². The molecule has 0 radical (unpaired) electrons. The van der Waals surface area contributed by atoms with Gasteiger partial charge in [-0.2, -0.15) is 17.9 Å². The van der Waals surface area contributed by atoms with Crippen LogP contribution in [0.2, 0.25) is 0 Å². The van der Waals surface area contributed by atoms with Gasteiger partial charge in [0, 0.05) is 43.4 Å². The van der Waals surface area contributed by atoms with Gasteiger partial charge in [-0.05, 0) is 148 Å². The second kappa shape index (κ2) is 22.7. The number of aromatic nitrogens is 2. The van der Waals surface area contributed by atoms with E-state index in [4.69, 9.17) is 8.83 Å². The summed E-state index contributed by atoms with van der Waals surface area (Å²) in [5.41, 5.74) is 0.0560. The number of thiophene rings is 2. The molecule has 9 aromatic rings. The molecule has 6 heterocycles. The number of sulfonamides is 1. The fourth-order valence-electron chi connectivity index (χ4n) is 9.51. The maximum atomic E-state index is 15.0. The Balaban J connectivity index is 0.910. The maximum Gasteiger partial charge on any atom is 0.416 e. The summed E-state index contributed by atoms with van der Waals surface area (Å²) in [6, 6.07) is 28.0. The standard InChI is InChI=1S/C55H49F3N6O8S4/c56-55(57,58)46-13-5-4-12-45(46)52(62-76(69,70)44-17-19-48-36(27-44)15-21-50(66)60-48)54(68)63(28-39-10-6-22-71-39)31-43-26-38(33-74-43)37-24-40(72-32-37)29-64(30-42-11-7-23-73-42)53(67)51(34-8-2-1-3-9-34)61-75-41-16-18-47-35(25-41)14-20-49(65)59-47/h4-7,10-27,32-34,51-52,61-62H,1-3,8-9,28-31H2,(H,59,65)(H,60,66)/t51-,52?/m0/s1. The Hall–Kier alpha value is -7.01. The molecule has 1 aliphatic carbocycles. The van der Waals surface area contributed by atoms with Crippen molar-refractivity contribution in [2.24, 2.45) is 5.92 Å². The fourth-order valence-corrected chi connectivity index (χ4v) is 13.2. The lowest BCUT2D eigenvalue weighted by atomic mass is 9.83. The molecule has 6 aromatic heterocycles. The van der Waals surface area contributed by atoms with Crippen LogP contribution in [0.5, 0.6) is 0 Å². The largest absolute Gasteiger partial charge is 0.467 e. The average Bonchev–Trinajstić information content (AvgIpc) is 4.30. The van der Waals surface area contributed by atoms with Gasteiger partial charge in [-0.3, -0.25) is 19.2 Å². The van der Waals surface area contributed by atoms with Crippen molar-refractivity contribution in [1.29, 1.82) is 0 Å². The normalized spacial score (nSPS) is 14.2. The molecule has 4 N–H and O–H groups in total. The number of halogens is 3. The predicted molar refractivity (Wildman–Crippen MR) is 287 cm³/mol. The van der Waals surface area contributed by atoms with Crippen LogP contribution in [0.15, 0.2) is 173 Å². The first-order valence-corrected chi connectivity index (χ1v) is 28.3. The van der Waals surface area contributed by atoms with Gasteiger partial charge in [-0.15, -0.1) is 22.7 Å². The first kappa shape index (κ1) is 52.4. The Morgan fingerprint density at radius 1 is 0.711 bits per heavy atom. The number of alkyl halides is 3. The van der Waals surface area contributed by atoms with E-state index in [0.717, 1.165) is 71.0 Å². The van der Waals surface area contributed by atoms with Crippen LogP contribution in [-0.4, -0.2) is 46.0 Å². The number of carbonyl (C=O) groups excluding carboxylic acids is 2. The molecule has 14 nitrogen and oxygen atoms in total. The Morgan fingerprint density at radius 2 is 1.42 bits per heavy atom. The molecule has 21 heteroatoms. The summed E-state index contributed by atoms with van der Waals surface area (Å²) in [6.07, 6.45) is 2.98. The van der Waals surface area contributed by atoms with Gasteiger partial charge in [0.25, 0.3) is 0 Å². The van der Waals surface area contributed by atoms with Gasteiger partial charge in [0.1, 0.15) is 17.6 Å². The van der Waals surface area contributed by atoms with Gasteiger partial charge < -0.3 is 28.6 Å². The van der Waals surface area contributed by atoms with Crippen LogP contribution in [0, 0.1) is 5.92 Å². The highest BCUT2D eigenvalue weighted by Crippen LogP contribution is 2.38. The van der Waals surface area contributed by atoms with Crippen LogP contribution in [0.25, 0.3) is 32.9 Å². The molecule has 1 fully saturated rings. The van der Waals surface area contributed by atoms with E-state index < -0.39 is 50.9 Å². The highest BCUT2D eigenvalue weighted by Gasteiger charge is 2.40. The highest BCUT2D eigenvalue weighted by molar-refractivity contribution is 7.97. The molecule has 2 atom stereocenters. The third kappa shape index (κ3) is 12.3. The number of amides is 2. The lowest BCUT2D eigenvalue weighted by Crippen LogP contribution is -2.48. The number of nitrogens with zero attached hydrogens (tertiary/aromatic N) is 2. The van der Waals surface area contributed by atoms with Crippen LogP contribution in [0.4, 0.5) is 13.2 Å². The van der Waals surface area contributed by atoms with Crippen molar-refractivity contribution >= 4 is 78.3 Å². The molecular formula is C55H49F3N6O8S4. The molecule has 0 aliphatic heterocycles. The van der Waals surface area contributed by atoms with Gasteiger partial charge in [0.2, 0.25) is 33.0 Å². The zero-order valence-electron chi connectivity index (χ0n) is 40.4. The first-order chi connectivity index (χ1) is 36.6. The minimum absolute atomic E-state index is 0.0664. The van der Waals surface area contributed by atoms with Crippen molar-refractivity contribution in [3.05, 3.63) is 198 Å². The Morgan fingerprint density at radius 3 is 2.14 bits per heavy atom. The van der Waals surface area contributed by atoms with Crippen molar-refractivity contribution in [2.75, 3.05) is 0 Å². The minimum Gasteiger partial charge on any atom is -0.467 e. The van der Waals surface area contributed by atoms with E-state index in [1.807, 2.05) is 58.1 Å². The quantitative estimate of drug-likeness (QED) is 0.0567. The number of carbonyl (C=O) groups is 2. The van der Waals surface area contributed by atoms with E-state index in [9.17, 15) is 40.8 Å². The summed E-state index contributed by atoms with van der Waals surface area (Å²) in [7, 11) is -4.70. The first-order valence-electron chi connectivity index (χ1n) is 24.3. The summed E-state index contributed by atoms with van der Waals surface area (Å²) in [6.45, 7) is 0.133. The summed E-state index contributed by atoms with van der Waals surface area (Å²) in [4.78, 5) is 64.4. The lowest BCUT2D eigenvalue weighted by Gasteiger charge is -2.33. The third-order valence-corrected chi connectivity index (χ3v) is 17.4. The van der Waals surface area contributed by atoms with E-state index in [0.29, 0.717) is 45.0 Å². The predicted octanol–water partition coefficient (Wildman–Crippen LogP) is 11.4. The smallest absolute Gasteiger partial charge is 0.416 e. The van der Waals surface area contributed by atoms with Crippen LogP contribution >= 0.6 is 34.6 Å². The summed E-state index contributed by atoms with van der Waals surface area (Å²) < 4.78 is 90.1. The van der Waals surface area contributed by atoms with Gasteiger partial charge >= 0.3 is 6.18 Å². The number of pyridine rings is 2. The van der Waals surface area contributed by atoms with Crippen molar-refractivity contribution in [3.8, 4) is 11.1 Å². The molecule has 0 saturated heterocycles. The van der Waals surface area contributed by atoms with Gasteiger partial charge in [-0.25, -0.2) is 13.1 Å². The van der Waals surface area contributed by atoms with Crippen LogP contribution in [0.1, 0.15) is 70.5 Å². The molecule has 1 unspecified atom stereocenters. The second-order valence-electron chi connectivity index (χ2n) is 18.5. The number of nitrogens with one attached hydrogen (secondary N) is 4. The Kier molecular flexibility index (Phi) is 15.6. The molecule has 10 rings (SSSR count). The molecule has 1 saturated carbocycles. The number of benzene rings is 3. The van der Waals surface area contributed by atoms with Crippen LogP contribution < -0.4 is 20.6 Å². The summed E-state index contributed by atoms with van der Waals surface area (Å²) in [5.74, 6) is -0.123. The molecule has 76 heavy (non-hydrogen) atoms. The molecule has 1 aliphatic rings. The third-order valence-electron chi connectivity index (χ3n) is 13.3. The van der Waals surface area contributed by atoms with Gasteiger partial charge in [0.15, 0.2) is 0 Å². The number of rotatable bonds is 19.